The Bertz CT molecular complexity index is 1230. The smallest absolute Gasteiger partial charge is 0.225 e. The van der Waals surface area contributed by atoms with E-state index in [4.69, 9.17) is 21.6 Å². The fourth-order valence-corrected chi connectivity index (χ4v) is 4.40. The van der Waals surface area contributed by atoms with Gasteiger partial charge in [-0.05, 0) is 50.0 Å². The van der Waals surface area contributed by atoms with Crippen LogP contribution < -0.4 is 10.6 Å². The first-order valence-electron chi connectivity index (χ1n) is 10.8. The van der Waals surface area contributed by atoms with Gasteiger partial charge in [-0.15, -0.1) is 0 Å². The Morgan fingerprint density at radius 1 is 1.12 bits per heavy atom. The average molecular weight is 451 g/mol. The molecule has 6 nitrogen and oxygen atoms in total. The Morgan fingerprint density at radius 2 is 1.97 bits per heavy atom. The lowest BCUT2D eigenvalue weighted by Crippen LogP contribution is -2.32. The second-order valence-electron chi connectivity index (χ2n) is 8.09. The van der Waals surface area contributed by atoms with Crippen molar-refractivity contribution in [2.24, 2.45) is 5.92 Å². The highest BCUT2D eigenvalue weighted by Gasteiger charge is 2.21. The van der Waals surface area contributed by atoms with Crippen LogP contribution in [-0.4, -0.2) is 32.6 Å². The number of halogens is 2. The molecule has 0 radical (unpaired) electrons. The van der Waals surface area contributed by atoms with Gasteiger partial charge in [0.2, 0.25) is 5.95 Å². The summed E-state index contributed by atoms with van der Waals surface area (Å²) in [7, 11) is 0. The molecule has 0 bridgehead atoms. The van der Waals surface area contributed by atoms with Gasteiger partial charge < -0.3 is 15.2 Å². The minimum atomic E-state index is -0.253. The summed E-state index contributed by atoms with van der Waals surface area (Å²) >= 11 is 6.52. The van der Waals surface area contributed by atoms with Crippen molar-refractivity contribution in [2.45, 2.75) is 25.9 Å². The molecule has 8 heteroatoms. The predicted octanol–water partition coefficient (Wildman–Crippen LogP) is 4.90. The molecule has 1 fully saturated rings. The summed E-state index contributed by atoms with van der Waals surface area (Å²) < 4.78 is 16.1. The van der Waals surface area contributed by atoms with E-state index in [-0.39, 0.29) is 5.82 Å². The van der Waals surface area contributed by atoms with Crippen molar-refractivity contribution in [2.75, 3.05) is 18.4 Å². The van der Waals surface area contributed by atoms with Crippen molar-refractivity contribution in [3.63, 3.8) is 0 Å². The SMILES string of the molecule is Fc1ccccc1CNc1ncc2nc(-c3ccccc3Cl)n(C[C@@H]3CCCNC3)c2n1. The number of piperidine rings is 1. The number of hydrogen-bond donors (Lipinski definition) is 2. The monoisotopic (exact) mass is 450 g/mol. The predicted molar refractivity (Wildman–Crippen MR) is 125 cm³/mol. The lowest BCUT2D eigenvalue weighted by molar-refractivity contribution is 0.341. The highest BCUT2D eigenvalue weighted by molar-refractivity contribution is 6.33. The molecule has 0 spiro atoms. The highest BCUT2D eigenvalue weighted by Crippen LogP contribution is 2.31. The van der Waals surface area contributed by atoms with Crippen LogP contribution >= 0.6 is 11.6 Å². The number of fused-ring (bicyclic) bond motifs is 1. The van der Waals surface area contributed by atoms with Gasteiger partial charge >= 0.3 is 0 Å². The van der Waals surface area contributed by atoms with Gasteiger partial charge in [-0.25, -0.2) is 14.4 Å². The fourth-order valence-electron chi connectivity index (χ4n) is 4.18. The van der Waals surface area contributed by atoms with Gasteiger partial charge in [-0.1, -0.05) is 41.9 Å². The molecule has 1 saturated heterocycles. The number of benzene rings is 2. The van der Waals surface area contributed by atoms with Crippen LogP contribution in [0.1, 0.15) is 18.4 Å². The van der Waals surface area contributed by atoms with Crippen LogP contribution in [-0.2, 0) is 13.1 Å². The molecule has 0 aliphatic carbocycles. The van der Waals surface area contributed by atoms with Crippen LogP contribution in [0.3, 0.4) is 0 Å². The Morgan fingerprint density at radius 3 is 2.78 bits per heavy atom. The number of imidazole rings is 1. The Balaban J connectivity index is 1.52. The molecule has 2 N–H and O–H groups in total. The zero-order valence-electron chi connectivity index (χ0n) is 17.6. The molecular formula is C24H24ClFN6. The summed E-state index contributed by atoms with van der Waals surface area (Å²) in [6, 6.07) is 14.4. The number of anilines is 1. The Kier molecular flexibility index (Phi) is 6.01. The molecule has 2 aromatic carbocycles. The van der Waals surface area contributed by atoms with E-state index in [1.165, 1.54) is 6.07 Å². The standard InChI is InChI=1S/C24H24ClFN6/c25-19-9-3-2-8-18(19)22-30-21-14-29-24(28-13-17-7-1-4-10-20(17)26)31-23(21)32(22)15-16-6-5-11-27-12-16/h1-4,7-10,14,16,27H,5-6,11-13,15H2,(H,28,29,31)/t16-/m1/s1. The summed E-state index contributed by atoms with van der Waals surface area (Å²) in [6.07, 6.45) is 4.02. The lowest BCUT2D eigenvalue weighted by atomic mass is 9.99. The Labute approximate surface area is 190 Å². The largest absolute Gasteiger partial charge is 0.350 e. The number of rotatable bonds is 6. The van der Waals surface area contributed by atoms with E-state index in [1.54, 1.807) is 18.3 Å². The first-order chi connectivity index (χ1) is 15.7. The van der Waals surface area contributed by atoms with Crippen LogP contribution in [0.4, 0.5) is 10.3 Å². The molecule has 4 aromatic rings. The van der Waals surface area contributed by atoms with Gasteiger partial charge in [0.25, 0.3) is 0 Å². The van der Waals surface area contributed by atoms with E-state index in [0.717, 1.165) is 49.5 Å². The number of aromatic nitrogens is 4. The van der Waals surface area contributed by atoms with E-state index in [2.05, 4.69) is 20.2 Å². The maximum absolute atomic E-state index is 14.0. The molecule has 0 unspecified atom stereocenters. The van der Waals surface area contributed by atoms with Crippen LogP contribution in [0.25, 0.3) is 22.6 Å². The van der Waals surface area contributed by atoms with Gasteiger partial charge in [-0.2, -0.15) is 4.98 Å². The van der Waals surface area contributed by atoms with Crippen LogP contribution in [0.5, 0.6) is 0 Å². The highest BCUT2D eigenvalue weighted by atomic mass is 35.5. The van der Waals surface area contributed by atoms with E-state index in [0.29, 0.717) is 34.5 Å². The third-order valence-corrected chi connectivity index (χ3v) is 6.17. The Hall–Kier alpha value is -3.03. The number of nitrogens with zero attached hydrogens (tertiary/aromatic N) is 4. The summed E-state index contributed by atoms with van der Waals surface area (Å²) in [5, 5.41) is 7.27. The maximum Gasteiger partial charge on any atom is 0.225 e. The third-order valence-electron chi connectivity index (χ3n) is 5.84. The lowest BCUT2D eigenvalue weighted by Gasteiger charge is -2.24. The molecular weight excluding hydrogens is 427 g/mol. The van der Waals surface area contributed by atoms with Gasteiger partial charge in [0.1, 0.15) is 17.2 Å². The maximum atomic E-state index is 14.0. The zero-order valence-corrected chi connectivity index (χ0v) is 18.3. The first-order valence-corrected chi connectivity index (χ1v) is 11.2. The molecule has 1 aliphatic heterocycles. The molecule has 5 rings (SSSR count). The minimum Gasteiger partial charge on any atom is -0.350 e. The summed E-state index contributed by atoms with van der Waals surface area (Å²) in [4.78, 5) is 14.0. The molecule has 164 valence electrons. The molecule has 1 atom stereocenters. The van der Waals surface area contributed by atoms with Crippen LogP contribution in [0, 0.1) is 11.7 Å². The zero-order chi connectivity index (χ0) is 21.9. The number of hydrogen-bond acceptors (Lipinski definition) is 5. The summed E-state index contributed by atoms with van der Waals surface area (Å²) in [5.41, 5.74) is 2.89. The van der Waals surface area contributed by atoms with E-state index in [9.17, 15) is 4.39 Å². The first kappa shape index (κ1) is 20.8. The van der Waals surface area contributed by atoms with Crippen LogP contribution in [0.2, 0.25) is 5.02 Å². The fraction of sp³-hybridized carbons (Fsp3) is 0.292. The van der Waals surface area contributed by atoms with Crippen molar-refractivity contribution in [3.05, 3.63) is 71.1 Å². The molecule has 3 heterocycles. The summed E-state index contributed by atoms with van der Waals surface area (Å²) in [6.45, 7) is 3.11. The molecule has 0 amide bonds. The van der Waals surface area contributed by atoms with Crippen molar-refractivity contribution in [3.8, 4) is 11.4 Å². The van der Waals surface area contributed by atoms with Gasteiger partial charge in [-0.3, -0.25) is 0 Å². The average Bonchev–Trinajstić information content (AvgIpc) is 3.17. The molecule has 2 aromatic heterocycles. The topological polar surface area (TPSA) is 67.7 Å². The molecule has 32 heavy (non-hydrogen) atoms. The van der Waals surface area contributed by atoms with Gasteiger partial charge in [0.15, 0.2) is 5.65 Å². The van der Waals surface area contributed by atoms with Crippen molar-refractivity contribution >= 4 is 28.7 Å². The van der Waals surface area contributed by atoms with E-state index >= 15 is 0 Å². The molecule has 1 aliphatic rings. The van der Waals surface area contributed by atoms with Crippen molar-refractivity contribution in [1.29, 1.82) is 0 Å². The number of nitrogens with one attached hydrogen (secondary N) is 2. The van der Waals surface area contributed by atoms with Gasteiger partial charge in [0.05, 0.1) is 11.2 Å². The minimum absolute atomic E-state index is 0.253. The van der Waals surface area contributed by atoms with Crippen molar-refractivity contribution in [1.82, 2.24) is 24.8 Å². The quantitative estimate of drug-likeness (QED) is 0.437. The van der Waals surface area contributed by atoms with E-state index in [1.807, 2.05) is 30.3 Å². The normalized spacial score (nSPS) is 16.4. The second-order valence-corrected chi connectivity index (χ2v) is 8.49. The molecule has 0 saturated carbocycles. The van der Waals surface area contributed by atoms with Crippen molar-refractivity contribution < 1.29 is 4.39 Å². The summed E-state index contributed by atoms with van der Waals surface area (Å²) in [5.74, 6) is 1.45. The van der Waals surface area contributed by atoms with Gasteiger partial charge in [0, 0.05) is 24.2 Å². The third kappa shape index (κ3) is 4.31. The van der Waals surface area contributed by atoms with Crippen LogP contribution in [0.15, 0.2) is 54.7 Å². The second kappa shape index (κ2) is 9.22. The van der Waals surface area contributed by atoms with E-state index < -0.39 is 0 Å².